The van der Waals surface area contributed by atoms with Gasteiger partial charge in [-0.15, -0.1) is 0 Å². The summed E-state index contributed by atoms with van der Waals surface area (Å²) in [6.45, 7) is 2.68. The van der Waals surface area contributed by atoms with Crippen molar-refractivity contribution in [2.75, 3.05) is 6.54 Å². The number of nitrogens with zero attached hydrogens (tertiary/aromatic N) is 1. The van der Waals surface area contributed by atoms with Crippen molar-refractivity contribution in [3.8, 4) is 0 Å². The van der Waals surface area contributed by atoms with E-state index in [4.69, 9.17) is 0 Å². The van der Waals surface area contributed by atoms with Crippen molar-refractivity contribution >= 4 is 5.78 Å². The van der Waals surface area contributed by atoms with Gasteiger partial charge < -0.3 is 5.11 Å². The van der Waals surface area contributed by atoms with Crippen LogP contribution in [0.5, 0.6) is 0 Å². The molecule has 1 N–H and O–H groups in total. The molecule has 1 heterocycles. The van der Waals surface area contributed by atoms with Crippen LogP contribution in [0.1, 0.15) is 51.9 Å². The largest absolute Gasteiger partial charge is 0.391 e. The number of carbonyl (C=O) groups is 1. The lowest BCUT2D eigenvalue weighted by atomic mass is 9.87. The summed E-state index contributed by atoms with van der Waals surface area (Å²) >= 11 is 0. The van der Waals surface area contributed by atoms with Crippen LogP contribution in [0.15, 0.2) is 0 Å². The minimum Gasteiger partial charge on any atom is -0.391 e. The number of hydrogen-bond acceptors (Lipinski definition) is 3. The first-order valence-electron chi connectivity index (χ1n) is 6.64. The molecule has 16 heavy (non-hydrogen) atoms. The fourth-order valence-corrected chi connectivity index (χ4v) is 3.27. The molecule has 2 fully saturated rings. The Kier molecular flexibility index (Phi) is 3.98. The molecule has 0 bridgehead atoms. The second kappa shape index (κ2) is 5.28. The number of piperidine rings is 1. The summed E-state index contributed by atoms with van der Waals surface area (Å²) in [5.74, 6) is 0.275. The summed E-state index contributed by atoms with van der Waals surface area (Å²) in [6, 6.07) is 0.314. The Morgan fingerprint density at radius 3 is 2.50 bits per heavy atom. The van der Waals surface area contributed by atoms with Crippen LogP contribution in [0.25, 0.3) is 0 Å². The van der Waals surface area contributed by atoms with E-state index in [-0.39, 0.29) is 24.0 Å². The third kappa shape index (κ3) is 2.46. The quantitative estimate of drug-likeness (QED) is 0.778. The molecule has 3 atom stereocenters. The maximum Gasteiger partial charge on any atom is 0.146 e. The molecule has 0 amide bonds. The predicted octanol–water partition coefficient (Wildman–Crippen LogP) is 1.73. The van der Waals surface area contributed by atoms with Crippen LogP contribution >= 0.6 is 0 Å². The highest BCUT2D eigenvalue weighted by atomic mass is 16.3. The van der Waals surface area contributed by atoms with E-state index in [0.717, 1.165) is 38.6 Å². The van der Waals surface area contributed by atoms with Crippen molar-refractivity contribution in [1.29, 1.82) is 0 Å². The Labute approximate surface area is 97.8 Å². The Morgan fingerprint density at radius 2 is 1.81 bits per heavy atom. The Morgan fingerprint density at radius 1 is 1.12 bits per heavy atom. The van der Waals surface area contributed by atoms with Gasteiger partial charge in [-0.1, -0.05) is 19.3 Å². The maximum atomic E-state index is 11.6. The van der Waals surface area contributed by atoms with Crippen LogP contribution in [0, 0.1) is 0 Å². The minimum atomic E-state index is -0.214. The monoisotopic (exact) mass is 225 g/mol. The van der Waals surface area contributed by atoms with Gasteiger partial charge in [-0.3, -0.25) is 9.69 Å². The molecular weight excluding hydrogens is 202 g/mol. The molecule has 92 valence electrons. The van der Waals surface area contributed by atoms with Crippen LogP contribution in [-0.2, 0) is 4.79 Å². The van der Waals surface area contributed by atoms with E-state index in [2.05, 4.69) is 4.90 Å². The molecule has 1 aliphatic carbocycles. The number of likely N-dealkylation sites (tertiary alicyclic amines) is 1. The molecule has 0 aromatic heterocycles. The Hall–Kier alpha value is -0.410. The molecule has 0 aromatic rings. The molecule has 3 unspecified atom stereocenters. The number of rotatable bonds is 2. The van der Waals surface area contributed by atoms with Crippen molar-refractivity contribution in [2.45, 2.75) is 70.1 Å². The first-order valence-corrected chi connectivity index (χ1v) is 6.64. The zero-order valence-corrected chi connectivity index (χ0v) is 10.2. The van der Waals surface area contributed by atoms with Crippen molar-refractivity contribution in [2.24, 2.45) is 0 Å². The lowest BCUT2D eigenvalue weighted by Gasteiger charge is -2.43. The molecule has 1 saturated carbocycles. The van der Waals surface area contributed by atoms with Crippen molar-refractivity contribution in [3.05, 3.63) is 0 Å². The number of carbonyl (C=O) groups excluding carboxylic acids is 1. The summed E-state index contributed by atoms with van der Waals surface area (Å²) in [5.41, 5.74) is 0. The second-order valence-electron chi connectivity index (χ2n) is 5.28. The zero-order valence-electron chi connectivity index (χ0n) is 10.2. The molecule has 2 rings (SSSR count). The van der Waals surface area contributed by atoms with Gasteiger partial charge in [0.15, 0.2) is 0 Å². The average Bonchev–Trinajstić information content (AvgIpc) is 2.29. The second-order valence-corrected chi connectivity index (χ2v) is 5.28. The fourth-order valence-electron chi connectivity index (χ4n) is 3.27. The van der Waals surface area contributed by atoms with Gasteiger partial charge in [0.1, 0.15) is 5.78 Å². The Balaban J connectivity index is 2.06. The smallest absolute Gasteiger partial charge is 0.146 e. The summed E-state index contributed by atoms with van der Waals surface area (Å²) in [5, 5.41) is 10.1. The van der Waals surface area contributed by atoms with Gasteiger partial charge in [0.05, 0.1) is 12.1 Å². The summed E-state index contributed by atoms with van der Waals surface area (Å²) in [4.78, 5) is 13.9. The predicted molar refractivity (Wildman–Crippen MR) is 63.3 cm³/mol. The standard InChI is InChI=1S/C13H23NO2/c1-10(15)11-6-4-5-9-14(11)12-7-2-3-8-13(12)16/h11-13,16H,2-9H2,1H3. The van der Waals surface area contributed by atoms with E-state index in [0.29, 0.717) is 0 Å². The first-order chi connectivity index (χ1) is 7.70. The maximum absolute atomic E-state index is 11.6. The fraction of sp³-hybridized carbons (Fsp3) is 0.923. The van der Waals surface area contributed by atoms with E-state index in [1.165, 1.54) is 12.8 Å². The number of ketones is 1. The molecule has 3 nitrogen and oxygen atoms in total. The summed E-state index contributed by atoms with van der Waals surface area (Å²) in [6.07, 6.45) is 7.40. The van der Waals surface area contributed by atoms with Gasteiger partial charge in [0.25, 0.3) is 0 Å². The van der Waals surface area contributed by atoms with Crippen molar-refractivity contribution in [3.63, 3.8) is 0 Å². The number of aliphatic hydroxyl groups is 1. The van der Waals surface area contributed by atoms with E-state index >= 15 is 0 Å². The van der Waals surface area contributed by atoms with E-state index < -0.39 is 0 Å². The third-order valence-electron chi connectivity index (χ3n) is 4.13. The lowest BCUT2D eigenvalue weighted by Crippen LogP contribution is -2.54. The van der Waals surface area contributed by atoms with Crippen molar-refractivity contribution in [1.82, 2.24) is 4.90 Å². The van der Waals surface area contributed by atoms with Gasteiger partial charge in [0, 0.05) is 6.04 Å². The van der Waals surface area contributed by atoms with E-state index in [9.17, 15) is 9.90 Å². The molecule has 0 aromatic carbocycles. The molecule has 0 spiro atoms. The number of aliphatic hydroxyl groups excluding tert-OH is 1. The molecular formula is C13H23NO2. The Bertz CT molecular complexity index is 254. The van der Waals surface area contributed by atoms with Gasteiger partial charge in [0.2, 0.25) is 0 Å². The molecule has 1 saturated heterocycles. The highest BCUT2D eigenvalue weighted by molar-refractivity contribution is 5.81. The molecule has 0 radical (unpaired) electrons. The van der Waals surface area contributed by atoms with Crippen LogP contribution in [0.3, 0.4) is 0 Å². The highest BCUT2D eigenvalue weighted by Gasteiger charge is 2.36. The van der Waals surface area contributed by atoms with Gasteiger partial charge >= 0.3 is 0 Å². The lowest BCUT2D eigenvalue weighted by molar-refractivity contribution is -0.126. The number of Topliss-reactive ketones (excluding diaryl/α,β-unsaturated/α-hetero) is 1. The SMILES string of the molecule is CC(=O)C1CCCCN1C1CCCCC1O. The zero-order chi connectivity index (χ0) is 11.5. The van der Waals surface area contributed by atoms with Gasteiger partial charge in [-0.05, 0) is 39.2 Å². The van der Waals surface area contributed by atoms with Crippen LogP contribution in [0.2, 0.25) is 0 Å². The summed E-state index contributed by atoms with van der Waals surface area (Å²) in [7, 11) is 0. The van der Waals surface area contributed by atoms with Crippen LogP contribution in [0.4, 0.5) is 0 Å². The highest BCUT2D eigenvalue weighted by Crippen LogP contribution is 2.29. The molecule has 1 aliphatic heterocycles. The average molecular weight is 225 g/mol. The normalized spacial score (nSPS) is 37.2. The summed E-state index contributed by atoms with van der Waals surface area (Å²) < 4.78 is 0. The minimum absolute atomic E-state index is 0.0755. The van der Waals surface area contributed by atoms with Gasteiger partial charge in [-0.2, -0.15) is 0 Å². The molecule has 3 heteroatoms. The van der Waals surface area contributed by atoms with Crippen LogP contribution in [-0.4, -0.2) is 40.5 Å². The van der Waals surface area contributed by atoms with Crippen LogP contribution < -0.4 is 0 Å². The molecule has 2 aliphatic rings. The van der Waals surface area contributed by atoms with E-state index in [1.807, 2.05) is 0 Å². The third-order valence-corrected chi connectivity index (χ3v) is 4.13. The topological polar surface area (TPSA) is 40.5 Å². The first kappa shape index (κ1) is 12.1. The number of hydrogen-bond donors (Lipinski definition) is 1. The van der Waals surface area contributed by atoms with Crippen molar-refractivity contribution < 1.29 is 9.90 Å². The van der Waals surface area contributed by atoms with E-state index in [1.54, 1.807) is 6.92 Å². The van der Waals surface area contributed by atoms with Gasteiger partial charge in [-0.25, -0.2) is 0 Å².